The van der Waals surface area contributed by atoms with Gasteiger partial charge in [0.2, 0.25) is 5.91 Å². The summed E-state index contributed by atoms with van der Waals surface area (Å²) in [6, 6.07) is -0.138. The minimum absolute atomic E-state index is 0.138. The minimum Gasteiger partial charge on any atom is -0.379 e. The summed E-state index contributed by atoms with van der Waals surface area (Å²) < 4.78 is 10.8. The number of amides is 1. The summed E-state index contributed by atoms with van der Waals surface area (Å²) in [6.45, 7) is 8.66. The fourth-order valence-electron chi connectivity index (χ4n) is 3.51. The SMILES string of the molecule is O=C([C@H]1COCCN1)N1CCC[C@H](CN2CCOCC2)C1. The Labute approximate surface area is 126 Å². The van der Waals surface area contributed by atoms with E-state index < -0.39 is 0 Å². The van der Waals surface area contributed by atoms with Crippen LogP contribution in [-0.2, 0) is 14.3 Å². The maximum atomic E-state index is 12.5. The number of hydrogen-bond acceptors (Lipinski definition) is 5. The van der Waals surface area contributed by atoms with Crippen LogP contribution in [0.2, 0.25) is 0 Å². The van der Waals surface area contributed by atoms with Crippen LogP contribution < -0.4 is 5.32 Å². The topological polar surface area (TPSA) is 54.0 Å². The molecule has 3 fully saturated rings. The molecule has 3 aliphatic heterocycles. The zero-order chi connectivity index (χ0) is 14.5. The number of nitrogens with zero attached hydrogens (tertiary/aromatic N) is 2. The van der Waals surface area contributed by atoms with Crippen molar-refractivity contribution >= 4 is 5.91 Å². The molecule has 0 aliphatic carbocycles. The second-order valence-corrected chi connectivity index (χ2v) is 6.29. The van der Waals surface area contributed by atoms with E-state index in [-0.39, 0.29) is 11.9 Å². The van der Waals surface area contributed by atoms with Crippen molar-refractivity contribution in [3.63, 3.8) is 0 Å². The quantitative estimate of drug-likeness (QED) is 0.764. The van der Waals surface area contributed by atoms with Crippen molar-refractivity contribution in [3.05, 3.63) is 0 Å². The summed E-state index contributed by atoms with van der Waals surface area (Å²) in [5.41, 5.74) is 0. The fourth-order valence-corrected chi connectivity index (χ4v) is 3.51. The van der Waals surface area contributed by atoms with E-state index in [1.165, 1.54) is 6.42 Å². The standard InChI is InChI=1S/C15H27N3O3/c19-15(14-12-21-7-3-16-14)18-4-1-2-13(11-18)10-17-5-8-20-9-6-17/h13-14,16H,1-12H2/t13-,14-/m1/s1. The third-order valence-electron chi connectivity index (χ3n) is 4.67. The zero-order valence-electron chi connectivity index (χ0n) is 12.8. The Morgan fingerprint density at radius 3 is 2.76 bits per heavy atom. The van der Waals surface area contributed by atoms with Crippen LogP contribution in [0.1, 0.15) is 12.8 Å². The summed E-state index contributed by atoms with van der Waals surface area (Å²) in [6.07, 6.45) is 2.35. The molecule has 1 N–H and O–H groups in total. The van der Waals surface area contributed by atoms with Crippen LogP contribution in [0.25, 0.3) is 0 Å². The van der Waals surface area contributed by atoms with E-state index in [1.54, 1.807) is 0 Å². The molecule has 3 aliphatic rings. The van der Waals surface area contributed by atoms with Crippen molar-refractivity contribution in [3.8, 4) is 0 Å². The first-order chi connectivity index (χ1) is 10.3. The molecule has 21 heavy (non-hydrogen) atoms. The molecular formula is C15H27N3O3. The van der Waals surface area contributed by atoms with Gasteiger partial charge in [0.05, 0.1) is 26.4 Å². The maximum Gasteiger partial charge on any atom is 0.242 e. The van der Waals surface area contributed by atoms with Gasteiger partial charge in [-0.15, -0.1) is 0 Å². The molecule has 0 unspecified atom stereocenters. The largest absolute Gasteiger partial charge is 0.379 e. The van der Waals surface area contributed by atoms with Crippen LogP contribution in [0, 0.1) is 5.92 Å². The highest BCUT2D eigenvalue weighted by Gasteiger charge is 2.30. The van der Waals surface area contributed by atoms with Gasteiger partial charge in [0.15, 0.2) is 0 Å². The summed E-state index contributed by atoms with van der Waals surface area (Å²) >= 11 is 0. The molecule has 3 heterocycles. The van der Waals surface area contributed by atoms with Crippen LogP contribution in [0.3, 0.4) is 0 Å². The van der Waals surface area contributed by atoms with Crippen LogP contribution in [-0.4, -0.2) is 87.4 Å². The summed E-state index contributed by atoms with van der Waals surface area (Å²) in [5.74, 6) is 0.826. The molecule has 0 saturated carbocycles. The first-order valence-corrected chi connectivity index (χ1v) is 8.23. The molecular weight excluding hydrogens is 270 g/mol. The Kier molecular flexibility index (Phi) is 5.46. The molecule has 0 aromatic heterocycles. The third kappa shape index (κ3) is 4.16. The molecule has 6 heteroatoms. The van der Waals surface area contributed by atoms with Crippen LogP contribution in [0.4, 0.5) is 0 Å². The predicted molar refractivity (Wildman–Crippen MR) is 79.2 cm³/mol. The molecule has 0 radical (unpaired) electrons. The zero-order valence-corrected chi connectivity index (χ0v) is 12.8. The van der Waals surface area contributed by atoms with E-state index in [4.69, 9.17) is 9.47 Å². The smallest absolute Gasteiger partial charge is 0.242 e. The first-order valence-electron chi connectivity index (χ1n) is 8.23. The lowest BCUT2D eigenvalue weighted by atomic mass is 9.96. The maximum absolute atomic E-state index is 12.5. The lowest BCUT2D eigenvalue weighted by Gasteiger charge is -2.38. The van der Waals surface area contributed by atoms with E-state index >= 15 is 0 Å². The first kappa shape index (κ1) is 15.2. The molecule has 6 nitrogen and oxygen atoms in total. The number of carbonyl (C=O) groups excluding carboxylic acids is 1. The monoisotopic (exact) mass is 297 g/mol. The fraction of sp³-hybridized carbons (Fsp3) is 0.933. The van der Waals surface area contributed by atoms with Gasteiger partial charge in [-0.2, -0.15) is 0 Å². The summed E-state index contributed by atoms with van der Waals surface area (Å²) in [7, 11) is 0. The lowest BCUT2D eigenvalue weighted by Crippen LogP contribution is -2.55. The second-order valence-electron chi connectivity index (χ2n) is 6.29. The van der Waals surface area contributed by atoms with Gasteiger partial charge in [0, 0.05) is 39.3 Å². The van der Waals surface area contributed by atoms with Crippen molar-refractivity contribution in [2.45, 2.75) is 18.9 Å². The molecule has 0 spiro atoms. The van der Waals surface area contributed by atoms with Crippen LogP contribution in [0.15, 0.2) is 0 Å². The van der Waals surface area contributed by atoms with E-state index in [0.717, 1.165) is 58.9 Å². The van der Waals surface area contributed by atoms with Crippen molar-refractivity contribution in [2.75, 3.05) is 65.7 Å². The van der Waals surface area contributed by atoms with E-state index in [1.807, 2.05) is 4.90 Å². The van der Waals surface area contributed by atoms with Crippen molar-refractivity contribution in [1.29, 1.82) is 0 Å². The molecule has 0 aromatic rings. The number of carbonyl (C=O) groups is 1. The number of likely N-dealkylation sites (tertiary alicyclic amines) is 1. The van der Waals surface area contributed by atoms with Gasteiger partial charge >= 0.3 is 0 Å². The molecule has 120 valence electrons. The molecule has 2 atom stereocenters. The van der Waals surface area contributed by atoms with Gasteiger partial charge in [0.1, 0.15) is 6.04 Å². The van der Waals surface area contributed by atoms with Crippen molar-refractivity contribution in [2.24, 2.45) is 5.92 Å². The summed E-state index contributed by atoms with van der Waals surface area (Å²) in [5, 5.41) is 3.27. The van der Waals surface area contributed by atoms with Crippen LogP contribution in [0.5, 0.6) is 0 Å². The lowest BCUT2D eigenvalue weighted by molar-refractivity contribution is -0.138. The molecule has 0 bridgehead atoms. The van der Waals surface area contributed by atoms with Gasteiger partial charge in [0.25, 0.3) is 0 Å². The number of rotatable bonds is 3. The highest BCUT2D eigenvalue weighted by molar-refractivity contribution is 5.82. The van der Waals surface area contributed by atoms with Crippen molar-refractivity contribution < 1.29 is 14.3 Å². The van der Waals surface area contributed by atoms with Gasteiger partial charge in [-0.05, 0) is 18.8 Å². The normalized spacial score (nSPS) is 32.1. The number of piperidine rings is 1. The van der Waals surface area contributed by atoms with Gasteiger partial charge < -0.3 is 19.7 Å². The number of nitrogens with one attached hydrogen (secondary N) is 1. The van der Waals surface area contributed by atoms with Gasteiger partial charge in [-0.3, -0.25) is 9.69 Å². The molecule has 1 amide bonds. The summed E-state index contributed by atoms with van der Waals surface area (Å²) in [4.78, 5) is 17.1. The second kappa shape index (κ2) is 7.54. The third-order valence-corrected chi connectivity index (χ3v) is 4.67. The van der Waals surface area contributed by atoms with Crippen LogP contribution >= 0.6 is 0 Å². The van der Waals surface area contributed by atoms with Gasteiger partial charge in [-0.25, -0.2) is 0 Å². The molecule has 3 saturated heterocycles. The Hall–Kier alpha value is -0.690. The average Bonchev–Trinajstić information content (AvgIpc) is 2.56. The van der Waals surface area contributed by atoms with E-state index in [9.17, 15) is 4.79 Å². The highest BCUT2D eigenvalue weighted by atomic mass is 16.5. The number of morpholine rings is 2. The number of hydrogen-bond donors (Lipinski definition) is 1. The van der Waals surface area contributed by atoms with E-state index in [0.29, 0.717) is 19.1 Å². The van der Waals surface area contributed by atoms with Gasteiger partial charge in [-0.1, -0.05) is 0 Å². The molecule has 0 aromatic carbocycles. The Morgan fingerprint density at radius 1 is 1.14 bits per heavy atom. The van der Waals surface area contributed by atoms with E-state index in [2.05, 4.69) is 10.2 Å². The minimum atomic E-state index is -0.138. The Bertz CT molecular complexity index is 341. The van der Waals surface area contributed by atoms with Crippen molar-refractivity contribution in [1.82, 2.24) is 15.1 Å². The average molecular weight is 297 g/mol. The Balaban J connectivity index is 1.48. The predicted octanol–water partition coefficient (Wildman–Crippen LogP) is -0.454. The molecule has 3 rings (SSSR count). The Morgan fingerprint density at radius 2 is 2.00 bits per heavy atom. The highest BCUT2D eigenvalue weighted by Crippen LogP contribution is 2.19. The number of ether oxygens (including phenoxy) is 2.